The third-order valence-electron chi connectivity index (χ3n) is 7.43. The summed E-state index contributed by atoms with van der Waals surface area (Å²) in [7, 11) is -6.48. The van der Waals surface area contributed by atoms with E-state index in [1.165, 1.54) is 40.5 Å². The molecule has 3 aromatic carbocycles. The Bertz CT molecular complexity index is 1640. The third-order valence-corrected chi connectivity index (χ3v) is 10.7. The number of hydrogen-bond acceptors (Lipinski definition) is 7. The number of benzene rings is 3. The first-order chi connectivity index (χ1) is 19.7. The number of ether oxygens (including phenoxy) is 1. The fourth-order valence-electron chi connectivity index (χ4n) is 4.70. The zero-order chi connectivity index (χ0) is 30.8. The van der Waals surface area contributed by atoms with Crippen LogP contribution in [0.5, 0.6) is 5.75 Å². The number of para-hydroxylation sites is 1. The van der Waals surface area contributed by atoms with Crippen LogP contribution in [0.1, 0.15) is 35.3 Å². The van der Waals surface area contributed by atoms with Gasteiger partial charge in [-0.1, -0.05) is 48.4 Å². The number of sulfonamides is 2. The van der Waals surface area contributed by atoms with E-state index in [0.29, 0.717) is 0 Å². The van der Waals surface area contributed by atoms with E-state index in [2.05, 4.69) is 4.72 Å². The Balaban J connectivity index is 1.76. The van der Waals surface area contributed by atoms with Gasteiger partial charge in [0.1, 0.15) is 6.10 Å². The summed E-state index contributed by atoms with van der Waals surface area (Å²) < 4.78 is 63.6. The van der Waals surface area contributed by atoms with Crippen LogP contribution in [0.2, 0.25) is 0 Å². The van der Waals surface area contributed by atoms with E-state index >= 15 is 0 Å². The van der Waals surface area contributed by atoms with Crippen molar-refractivity contribution in [1.29, 1.82) is 0 Å². The van der Waals surface area contributed by atoms with Gasteiger partial charge >= 0.3 is 0 Å². The molecule has 1 aliphatic heterocycles. The molecule has 1 aliphatic rings. The van der Waals surface area contributed by atoms with Crippen LogP contribution in [-0.2, 0) is 20.0 Å². The highest BCUT2D eigenvalue weighted by Gasteiger charge is 2.36. The van der Waals surface area contributed by atoms with Crippen LogP contribution < -0.4 is 9.46 Å². The molecule has 4 rings (SSSR count). The van der Waals surface area contributed by atoms with E-state index in [9.17, 15) is 26.7 Å². The molecule has 1 heterocycles. The molecule has 12 heteroatoms. The van der Waals surface area contributed by atoms with E-state index in [1.54, 1.807) is 49.4 Å². The molecule has 226 valence electrons. The van der Waals surface area contributed by atoms with Crippen molar-refractivity contribution in [3.8, 4) is 5.75 Å². The number of amides is 1. The van der Waals surface area contributed by atoms with Crippen molar-refractivity contribution < 1.29 is 31.5 Å². The lowest BCUT2D eigenvalue weighted by Gasteiger charge is -2.38. The average Bonchev–Trinajstić information content (AvgIpc) is 2.95. The zero-order valence-electron chi connectivity index (χ0n) is 24.3. The Kier molecular flexibility index (Phi) is 9.31. The maximum Gasteiger partial charge on any atom is 0.262 e. The van der Waals surface area contributed by atoms with Gasteiger partial charge < -0.3 is 14.7 Å². The smallest absolute Gasteiger partial charge is 0.262 e. The fraction of sp³-hybridized carbons (Fsp3) is 0.367. The predicted molar refractivity (Wildman–Crippen MR) is 161 cm³/mol. The first kappa shape index (κ1) is 31.5. The number of rotatable bonds is 9. The third kappa shape index (κ3) is 6.62. The van der Waals surface area contributed by atoms with Gasteiger partial charge in [0.05, 0.1) is 40.2 Å². The lowest BCUT2D eigenvalue weighted by atomic mass is 9.99. The summed E-state index contributed by atoms with van der Waals surface area (Å²) in [5.41, 5.74) is 1.96. The molecule has 3 atom stereocenters. The van der Waals surface area contributed by atoms with Gasteiger partial charge in [-0.05, 0) is 57.2 Å². The van der Waals surface area contributed by atoms with Gasteiger partial charge in [-0.25, -0.2) is 16.8 Å². The second kappa shape index (κ2) is 12.4. The number of fused-ring (bicyclic) bond motifs is 1. The summed E-state index contributed by atoms with van der Waals surface area (Å²) >= 11 is 0. The molecule has 0 aliphatic carbocycles. The van der Waals surface area contributed by atoms with Crippen LogP contribution in [0.15, 0.2) is 76.5 Å². The largest absolute Gasteiger partial charge is 0.486 e. The van der Waals surface area contributed by atoms with E-state index < -0.39 is 44.0 Å². The van der Waals surface area contributed by atoms with Gasteiger partial charge in [-0.3, -0.25) is 9.52 Å². The Morgan fingerprint density at radius 1 is 0.976 bits per heavy atom. The topological polar surface area (TPSA) is 133 Å². The summed E-state index contributed by atoms with van der Waals surface area (Å²) in [6, 6.07) is 16.9. The minimum absolute atomic E-state index is 0.00832. The molecule has 3 aromatic rings. The highest BCUT2D eigenvalue weighted by molar-refractivity contribution is 7.92. The minimum Gasteiger partial charge on any atom is -0.486 e. The zero-order valence-corrected chi connectivity index (χ0v) is 25.9. The number of carbonyl (C=O) groups is 1. The van der Waals surface area contributed by atoms with Crippen LogP contribution in [0.4, 0.5) is 5.69 Å². The molecule has 0 spiro atoms. The highest BCUT2D eigenvalue weighted by atomic mass is 32.2. The molecule has 0 bridgehead atoms. The Morgan fingerprint density at radius 2 is 1.55 bits per heavy atom. The van der Waals surface area contributed by atoms with Gasteiger partial charge in [-0.2, -0.15) is 4.31 Å². The summed E-state index contributed by atoms with van der Waals surface area (Å²) in [5.74, 6) is -0.839. The van der Waals surface area contributed by atoms with Crippen LogP contribution in [0.25, 0.3) is 0 Å². The maximum atomic E-state index is 13.7. The molecule has 0 saturated carbocycles. The molecule has 2 N–H and O–H groups in total. The molecule has 0 aromatic heterocycles. The van der Waals surface area contributed by atoms with Crippen molar-refractivity contribution in [1.82, 2.24) is 9.21 Å². The number of nitrogens with one attached hydrogen (secondary N) is 1. The molecule has 0 radical (unpaired) electrons. The molecule has 0 fully saturated rings. The average molecular weight is 616 g/mol. The lowest BCUT2D eigenvalue weighted by molar-refractivity contribution is 0.0389. The number of aliphatic hydroxyl groups excluding tert-OH is 1. The summed E-state index contributed by atoms with van der Waals surface area (Å²) in [5, 5.41) is 9.91. The van der Waals surface area contributed by atoms with E-state index in [0.717, 1.165) is 11.1 Å². The number of hydrogen-bond donors (Lipinski definition) is 2. The van der Waals surface area contributed by atoms with Gasteiger partial charge in [-0.15, -0.1) is 0 Å². The van der Waals surface area contributed by atoms with Gasteiger partial charge in [0.2, 0.25) is 10.0 Å². The number of nitrogens with zero attached hydrogens (tertiary/aromatic N) is 2. The molecule has 10 nitrogen and oxygen atoms in total. The number of anilines is 1. The first-order valence-electron chi connectivity index (χ1n) is 13.6. The van der Waals surface area contributed by atoms with Crippen molar-refractivity contribution >= 4 is 31.6 Å². The van der Waals surface area contributed by atoms with Crippen molar-refractivity contribution in [2.75, 3.05) is 31.5 Å². The summed E-state index contributed by atoms with van der Waals surface area (Å²) in [4.78, 5) is 15.4. The van der Waals surface area contributed by atoms with Crippen molar-refractivity contribution in [2.45, 2.75) is 49.6 Å². The fourth-order valence-corrected chi connectivity index (χ4v) is 6.95. The predicted octanol–water partition coefficient (Wildman–Crippen LogP) is 3.65. The number of aryl methyl sites for hydroxylation is 2. The number of carbonyl (C=O) groups excluding carboxylic acids is 1. The second-order valence-corrected chi connectivity index (χ2v) is 14.5. The van der Waals surface area contributed by atoms with Crippen molar-refractivity contribution in [2.24, 2.45) is 5.92 Å². The molecule has 1 amide bonds. The van der Waals surface area contributed by atoms with Crippen LogP contribution in [0.3, 0.4) is 0 Å². The standard InChI is InChI=1S/C30H37N3O7S2/c1-20-9-13-24(14-10-20)41(36,37)31-27-8-6-7-26-29(27)40-28(22(3)17-33(30(26)35)23(4)19-34)18-32(5)42(38,39)25-15-11-21(2)12-16-25/h6-16,22-23,28,31,34H,17-19H2,1-5H3/t22-,23-,28-/m0/s1. The van der Waals surface area contributed by atoms with E-state index in [1.807, 2.05) is 20.8 Å². The highest BCUT2D eigenvalue weighted by Crippen LogP contribution is 2.36. The van der Waals surface area contributed by atoms with Crippen LogP contribution >= 0.6 is 0 Å². The van der Waals surface area contributed by atoms with E-state index in [4.69, 9.17) is 4.74 Å². The quantitative estimate of drug-likeness (QED) is 0.376. The van der Waals surface area contributed by atoms with E-state index in [-0.39, 0.29) is 46.5 Å². The van der Waals surface area contributed by atoms with Gasteiger partial charge in [0, 0.05) is 19.5 Å². The Labute approximate surface area is 248 Å². The van der Waals surface area contributed by atoms with Crippen molar-refractivity contribution in [3.63, 3.8) is 0 Å². The lowest BCUT2D eigenvalue weighted by Crippen LogP contribution is -2.50. The second-order valence-electron chi connectivity index (χ2n) is 10.8. The first-order valence-corrected chi connectivity index (χ1v) is 16.5. The Morgan fingerprint density at radius 3 is 2.12 bits per heavy atom. The van der Waals surface area contributed by atoms with Crippen LogP contribution in [0, 0.1) is 19.8 Å². The van der Waals surface area contributed by atoms with Crippen molar-refractivity contribution in [3.05, 3.63) is 83.4 Å². The Hall–Kier alpha value is -3.45. The molecule has 42 heavy (non-hydrogen) atoms. The number of aliphatic hydroxyl groups is 1. The molecular formula is C30H37N3O7S2. The van der Waals surface area contributed by atoms with Gasteiger partial charge in [0.25, 0.3) is 15.9 Å². The molecule has 0 saturated heterocycles. The number of likely N-dealkylation sites (N-methyl/N-ethyl adjacent to an activating group) is 1. The van der Waals surface area contributed by atoms with Gasteiger partial charge in [0.15, 0.2) is 5.75 Å². The molecular weight excluding hydrogens is 578 g/mol. The molecule has 0 unspecified atom stereocenters. The maximum absolute atomic E-state index is 13.7. The minimum atomic E-state index is -4.05. The summed E-state index contributed by atoms with van der Waals surface area (Å²) in [6.45, 7) is 7.06. The van der Waals surface area contributed by atoms with Crippen LogP contribution in [-0.4, -0.2) is 75.9 Å². The normalized spacial score (nSPS) is 18.5. The SMILES string of the molecule is Cc1ccc(S(=O)(=O)Nc2cccc3c2O[C@@H](CN(C)S(=O)(=O)c2ccc(C)cc2)[C@@H](C)CN([C@@H](C)CO)C3=O)cc1. The monoisotopic (exact) mass is 615 g/mol. The summed E-state index contributed by atoms with van der Waals surface area (Å²) in [6.07, 6.45) is -0.777.